The molecule has 0 aliphatic rings. The Balaban J connectivity index is 3.27. The highest BCUT2D eigenvalue weighted by Gasteiger charge is 2.36. The number of ether oxygens (including phenoxy) is 1. The van der Waals surface area contributed by atoms with Crippen molar-refractivity contribution in [3.63, 3.8) is 0 Å². The molecule has 0 spiro atoms. The minimum Gasteiger partial charge on any atom is -0.368 e. The average molecular weight is 253 g/mol. The molecule has 1 aromatic carbocycles. The van der Waals surface area contributed by atoms with Crippen LogP contribution >= 0.6 is 11.6 Å². The van der Waals surface area contributed by atoms with Crippen molar-refractivity contribution in [3.8, 4) is 0 Å². The number of halogens is 4. The van der Waals surface area contributed by atoms with Crippen LogP contribution in [0.5, 0.6) is 0 Å². The Morgan fingerprint density at radius 2 is 1.94 bits per heavy atom. The summed E-state index contributed by atoms with van der Waals surface area (Å²) in [6.07, 6.45) is -5.95. The van der Waals surface area contributed by atoms with Crippen molar-refractivity contribution in [2.45, 2.75) is 12.3 Å². The number of hydrogen-bond acceptors (Lipinski definition) is 2. The average Bonchev–Trinajstić information content (AvgIpc) is 2.17. The third-order valence-corrected chi connectivity index (χ3v) is 2.19. The summed E-state index contributed by atoms with van der Waals surface area (Å²) in [5.74, 6) is 0. The van der Waals surface area contributed by atoms with Gasteiger partial charge in [-0.3, -0.25) is 4.79 Å². The first kappa shape index (κ1) is 13.0. The number of hydrogen-bond donors (Lipinski definition) is 0. The predicted molar refractivity (Wildman–Crippen MR) is 52.1 cm³/mol. The van der Waals surface area contributed by atoms with Crippen molar-refractivity contribution in [2.75, 3.05) is 7.11 Å². The lowest BCUT2D eigenvalue weighted by molar-refractivity contribution is -0.140. The van der Waals surface area contributed by atoms with Crippen molar-refractivity contribution in [1.82, 2.24) is 0 Å². The van der Waals surface area contributed by atoms with Gasteiger partial charge in [-0.2, -0.15) is 13.2 Å². The Labute approximate surface area is 95.0 Å². The van der Waals surface area contributed by atoms with E-state index in [9.17, 15) is 18.0 Å². The van der Waals surface area contributed by atoms with E-state index in [-0.39, 0.29) is 5.56 Å². The van der Waals surface area contributed by atoms with Gasteiger partial charge in [-0.1, -0.05) is 18.2 Å². The zero-order chi connectivity index (χ0) is 12.3. The van der Waals surface area contributed by atoms with E-state index in [0.29, 0.717) is 0 Å². The predicted octanol–water partition coefficient (Wildman–Crippen LogP) is 3.16. The minimum atomic E-state index is -4.54. The Kier molecular flexibility index (Phi) is 3.93. The first-order chi connectivity index (χ1) is 7.38. The van der Waals surface area contributed by atoms with E-state index in [0.717, 1.165) is 19.2 Å². The van der Waals surface area contributed by atoms with E-state index in [1.807, 2.05) is 0 Å². The van der Waals surface area contributed by atoms with Crippen molar-refractivity contribution < 1.29 is 22.7 Å². The molecule has 0 saturated heterocycles. The molecule has 0 radical (unpaired) electrons. The smallest absolute Gasteiger partial charge is 0.368 e. The van der Waals surface area contributed by atoms with Gasteiger partial charge in [0.25, 0.3) is 5.24 Å². The second-order valence-corrected chi connectivity index (χ2v) is 3.38. The first-order valence-electron chi connectivity index (χ1n) is 4.26. The first-order valence-corrected chi connectivity index (χ1v) is 4.64. The minimum absolute atomic E-state index is 0.280. The number of carbonyl (C=O) groups is 1. The van der Waals surface area contributed by atoms with Crippen molar-refractivity contribution in [1.29, 1.82) is 0 Å². The SMILES string of the molecule is CO[C@H](C(=O)Cl)c1ccccc1C(F)(F)F. The highest BCUT2D eigenvalue weighted by molar-refractivity contribution is 6.64. The number of carbonyl (C=O) groups excluding carboxylic acids is 1. The molecular formula is C10H8ClF3O2. The van der Waals surface area contributed by atoms with Crippen LogP contribution in [0.25, 0.3) is 0 Å². The van der Waals surface area contributed by atoms with Crippen molar-refractivity contribution >= 4 is 16.8 Å². The van der Waals surface area contributed by atoms with Crippen LogP contribution in [0.15, 0.2) is 24.3 Å². The molecule has 0 aliphatic carbocycles. The van der Waals surface area contributed by atoms with E-state index in [4.69, 9.17) is 11.6 Å². The molecule has 0 saturated carbocycles. The molecule has 1 atom stereocenters. The normalized spacial score (nSPS) is 13.6. The topological polar surface area (TPSA) is 26.3 Å². The van der Waals surface area contributed by atoms with Gasteiger partial charge < -0.3 is 4.74 Å². The van der Waals surface area contributed by atoms with Crippen LogP contribution in [0.1, 0.15) is 17.2 Å². The summed E-state index contributed by atoms with van der Waals surface area (Å²) in [4.78, 5) is 10.9. The Morgan fingerprint density at radius 1 is 1.38 bits per heavy atom. The molecule has 16 heavy (non-hydrogen) atoms. The van der Waals surface area contributed by atoms with E-state index < -0.39 is 23.1 Å². The second-order valence-electron chi connectivity index (χ2n) is 3.00. The lowest BCUT2D eigenvalue weighted by Gasteiger charge is -2.17. The molecule has 0 fully saturated rings. The van der Waals surface area contributed by atoms with Gasteiger partial charge in [0.2, 0.25) is 0 Å². The van der Waals surface area contributed by atoms with Gasteiger partial charge in [0, 0.05) is 12.7 Å². The van der Waals surface area contributed by atoms with Crippen molar-refractivity contribution in [2.24, 2.45) is 0 Å². The second kappa shape index (κ2) is 4.84. The molecule has 2 nitrogen and oxygen atoms in total. The third kappa shape index (κ3) is 2.74. The summed E-state index contributed by atoms with van der Waals surface area (Å²) >= 11 is 5.17. The Morgan fingerprint density at radius 3 is 2.38 bits per heavy atom. The van der Waals surface area contributed by atoms with Gasteiger partial charge >= 0.3 is 6.18 Å². The largest absolute Gasteiger partial charge is 0.416 e. The Hall–Kier alpha value is -1.07. The number of methoxy groups -OCH3 is 1. The van der Waals surface area contributed by atoms with Gasteiger partial charge in [0.05, 0.1) is 5.56 Å². The molecule has 6 heteroatoms. The van der Waals surface area contributed by atoms with Crippen LogP contribution in [0.2, 0.25) is 0 Å². The monoisotopic (exact) mass is 252 g/mol. The molecule has 0 aromatic heterocycles. The summed E-state index contributed by atoms with van der Waals surface area (Å²) in [6.45, 7) is 0. The summed E-state index contributed by atoms with van der Waals surface area (Å²) < 4.78 is 42.4. The lowest BCUT2D eigenvalue weighted by atomic mass is 10.0. The van der Waals surface area contributed by atoms with E-state index >= 15 is 0 Å². The van der Waals surface area contributed by atoms with Crippen molar-refractivity contribution in [3.05, 3.63) is 35.4 Å². The molecule has 0 heterocycles. The standard InChI is InChI=1S/C10H8ClF3O2/c1-16-8(9(11)15)6-4-2-3-5-7(6)10(12,13)14/h2-5,8H,1H3/t8-/m0/s1. The highest BCUT2D eigenvalue weighted by Crippen LogP contribution is 2.35. The van der Waals surface area contributed by atoms with E-state index in [1.165, 1.54) is 12.1 Å². The van der Waals surface area contributed by atoms with Gasteiger partial charge in [0.15, 0.2) is 6.10 Å². The highest BCUT2D eigenvalue weighted by atomic mass is 35.5. The van der Waals surface area contributed by atoms with Crippen LogP contribution in [0.3, 0.4) is 0 Å². The van der Waals surface area contributed by atoms with Crippen LogP contribution in [0, 0.1) is 0 Å². The summed E-state index contributed by atoms with van der Waals surface area (Å²) in [7, 11) is 1.12. The molecule has 1 aromatic rings. The summed E-state index contributed by atoms with van der Waals surface area (Å²) in [5.41, 5.74) is -1.20. The molecule has 0 amide bonds. The number of benzene rings is 1. The fraction of sp³-hybridized carbons (Fsp3) is 0.300. The van der Waals surface area contributed by atoms with Crippen LogP contribution in [0.4, 0.5) is 13.2 Å². The number of alkyl halides is 3. The van der Waals surface area contributed by atoms with Crippen LogP contribution in [-0.4, -0.2) is 12.4 Å². The fourth-order valence-corrected chi connectivity index (χ4v) is 1.53. The molecular weight excluding hydrogens is 245 g/mol. The molecule has 0 unspecified atom stereocenters. The van der Waals surface area contributed by atoms with E-state index in [2.05, 4.69) is 4.74 Å². The third-order valence-electron chi connectivity index (χ3n) is 1.99. The quantitative estimate of drug-likeness (QED) is 0.773. The van der Waals surface area contributed by atoms with Gasteiger partial charge in [-0.15, -0.1) is 0 Å². The van der Waals surface area contributed by atoms with Crippen LogP contribution < -0.4 is 0 Å². The lowest BCUT2D eigenvalue weighted by Crippen LogP contribution is -2.16. The molecule has 88 valence electrons. The maximum absolute atomic E-state index is 12.6. The maximum Gasteiger partial charge on any atom is 0.416 e. The zero-order valence-electron chi connectivity index (χ0n) is 8.22. The maximum atomic E-state index is 12.6. The fourth-order valence-electron chi connectivity index (χ4n) is 1.33. The summed E-state index contributed by atoms with van der Waals surface area (Å²) in [6, 6.07) is 4.66. The molecule has 0 bridgehead atoms. The molecule has 1 rings (SSSR count). The van der Waals surface area contributed by atoms with Gasteiger partial charge in [0.1, 0.15) is 0 Å². The Bertz CT molecular complexity index is 390. The van der Waals surface area contributed by atoms with Crippen LogP contribution in [-0.2, 0) is 15.7 Å². The van der Waals surface area contributed by atoms with Gasteiger partial charge in [-0.25, -0.2) is 0 Å². The molecule has 0 N–H and O–H groups in total. The zero-order valence-corrected chi connectivity index (χ0v) is 8.97. The molecule has 0 aliphatic heterocycles. The summed E-state index contributed by atoms with van der Waals surface area (Å²) in [5, 5.41) is -0.987. The van der Waals surface area contributed by atoms with Gasteiger partial charge in [-0.05, 0) is 17.7 Å². The number of rotatable bonds is 3. The van der Waals surface area contributed by atoms with E-state index in [1.54, 1.807) is 0 Å².